The van der Waals surface area contributed by atoms with Crippen LogP contribution >= 0.6 is 0 Å². The number of ether oxygens (including phenoxy) is 3. The van der Waals surface area contributed by atoms with Crippen LogP contribution in [0, 0.1) is 0 Å². The second kappa shape index (κ2) is 11.5. The van der Waals surface area contributed by atoms with Crippen LogP contribution in [0.15, 0.2) is 35.3 Å². The first kappa shape index (κ1) is 27.7. The van der Waals surface area contributed by atoms with Gasteiger partial charge in [-0.1, -0.05) is 25.7 Å². The van der Waals surface area contributed by atoms with Gasteiger partial charge in [-0.05, 0) is 37.1 Å². The molecule has 0 bridgehead atoms. The third-order valence-electron chi connectivity index (χ3n) is 5.90. The van der Waals surface area contributed by atoms with Gasteiger partial charge in [-0.15, -0.1) is 0 Å². The highest BCUT2D eigenvalue weighted by Crippen LogP contribution is 2.36. The molecular formula is C24H32F3N3O5Si. The molecule has 0 amide bonds. The lowest BCUT2D eigenvalue weighted by Crippen LogP contribution is -2.40. The van der Waals surface area contributed by atoms with Gasteiger partial charge in [0.2, 0.25) is 0 Å². The number of hydrogen-bond acceptors (Lipinski definition) is 7. The summed E-state index contributed by atoms with van der Waals surface area (Å²) >= 11 is 0. The van der Waals surface area contributed by atoms with Crippen molar-refractivity contribution in [1.29, 1.82) is 0 Å². The number of carbonyl (C=O) groups excluding carboxylic acids is 1. The highest BCUT2D eigenvalue weighted by atomic mass is 28.3. The van der Waals surface area contributed by atoms with Gasteiger partial charge in [0.15, 0.2) is 0 Å². The van der Waals surface area contributed by atoms with Crippen LogP contribution in [0.3, 0.4) is 0 Å². The van der Waals surface area contributed by atoms with Crippen LogP contribution in [0.4, 0.5) is 18.9 Å². The lowest BCUT2D eigenvalue weighted by molar-refractivity contribution is -0.138. The first-order valence-electron chi connectivity index (χ1n) is 11.7. The van der Waals surface area contributed by atoms with Crippen LogP contribution in [-0.4, -0.2) is 56.7 Å². The zero-order valence-corrected chi connectivity index (χ0v) is 21.9. The third kappa shape index (κ3) is 7.09. The fourth-order valence-electron chi connectivity index (χ4n) is 3.93. The molecule has 0 radical (unpaired) electrons. The summed E-state index contributed by atoms with van der Waals surface area (Å²) in [6.07, 6.45) is -2.56. The number of nitrogens with zero attached hydrogens (tertiary/aromatic N) is 3. The number of alkyl halides is 3. The fourth-order valence-corrected chi connectivity index (χ4v) is 4.69. The largest absolute Gasteiger partial charge is 0.491 e. The summed E-state index contributed by atoms with van der Waals surface area (Å²) in [6.45, 7) is 6.89. The smallest absolute Gasteiger partial charge is 0.423 e. The van der Waals surface area contributed by atoms with Crippen LogP contribution in [-0.2, 0) is 22.4 Å². The van der Waals surface area contributed by atoms with Crippen LogP contribution in [0.2, 0.25) is 25.7 Å². The van der Waals surface area contributed by atoms with Gasteiger partial charge >= 0.3 is 12.1 Å². The summed E-state index contributed by atoms with van der Waals surface area (Å²) < 4.78 is 58.8. The maximum absolute atomic E-state index is 14.0. The molecule has 1 aliphatic heterocycles. The van der Waals surface area contributed by atoms with Gasteiger partial charge in [-0.3, -0.25) is 4.79 Å². The van der Waals surface area contributed by atoms with Gasteiger partial charge < -0.3 is 19.1 Å². The van der Waals surface area contributed by atoms with Crippen molar-refractivity contribution in [3.8, 4) is 5.75 Å². The van der Waals surface area contributed by atoms with Crippen LogP contribution < -0.4 is 15.2 Å². The Kier molecular flexibility index (Phi) is 8.83. The molecule has 1 atom stereocenters. The molecule has 0 spiro atoms. The van der Waals surface area contributed by atoms with Crippen LogP contribution in [0.1, 0.15) is 28.8 Å². The van der Waals surface area contributed by atoms with Crippen molar-refractivity contribution in [3.05, 3.63) is 51.9 Å². The SMILES string of the molecule is COC(=O)c1cccc(OC[C@H]2CCCN2c2cnn(COCC[Si](C)(C)C)c(=O)c2C(F)(F)F)c1. The molecule has 8 nitrogen and oxygen atoms in total. The highest BCUT2D eigenvalue weighted by molar-refractivity contribution is 6.76. The molecule has 1 aliphatic rings. The van der Waals surface area contributed by atoms with Gasteiger partial charge in [-0.25, -0.2) is 9.48 Å². The fraction of sp³-hybridized carbons (Fsp3) is 0.542. The van der Waals surface area contributed by atoms with E-state index in [0.29, 0.717) is 37.3 Å². The molecule has 3 rings (SSSR count). The molecular weight excluding hydrogens is 495 g/mol. The van der Waals surface area contributed by atoms with E-state index in [1.807, 2.05) is 0 Å². The lowest BCUT2D eigenvalue weighted by Gasteiger charge is -2.29. The number of esters is 1. The van der Waals surface area contributed by atoms with E-state index in [-0.39, 0.29) is 19.0 Å². The number of methoxy groups -OCH3 is 1. The lowest BCUT2D eigenvalue weighted by atomic mass is 10.2. The monoisotopic (exact) mass is 527 g/mol. The van der Waals surface area contributed by atoms with Crippen molar-refractivity contribution < 1.29 is 32.2 Å². The Labute approximate surface area is 209 Å². The van der Waals surface area contributed by atoms with E-state index in [4.69, 9.17) is 14.2 Å². The predicted molar refractivity (Wildman–Crippen MR) is 131 cm³/mol. The molecule has 1 aromatic heterocycles. The maximum Gasteiger partial charge on any atom is 0.423 e. The zero-order valence-electron chi connectivity index (χ0n) is 20.9. The number of hydrogen-bond donors (Lipinski definition) is 0. The van der Waals surface area contributed by atoms with Crippen molar-refractivity contribution in [2.24, 2.45) is 0 Å². The van der Waals surface area contributed by atoms with Gasteiger partial charge in [0, 0.05) is 21.2 Å². The molecule has 12 heteroatoms. The molecule has 1 saturated heterocycles. The normalized spacial score (nSPS) is 16.3. The average molecular weight is 528 g/mol. The zero-order chi connectivity index (χ0) is 26.5. The van der Waals surface area contributed by atoms with Crippen LogP contribution in [0.5, 0.6) is 5.75 Å². The number of aromatic nitrogens is 2. The summed E-state index contributed by atoms with van der Waals surface area (Å²) in [4.78, 5) is 26.1. The summed E-state index contributed by atoms with van der Waals surface area (Å²) in [7, 11) is -0.112. The Morgan fingerprint density at radius 1 is 1.25 bits per heavy atom. The van der Waals surface area contributed by atoms with Gasteiger partial charge in [0.1, 0.15) is 24.7 Å². The Morgan fingerprint density at radius 2 is 2.00 bits per heavy atom. The molecule has 1 fully saturated rings. The average Bonchev–Trinajstić information content (AvgIpc) is 3.27. The number of carbonyl (C=O) groups is 1. The summed E-state index contributed by atoms with van der Waals surface area (Å²) in [5, 5.41) is 3.98. The van der Waals surface area contributed by atoms with E-state index in [1.54, 1.807) is 18.2 Å². The molecule has 1 aromatic carbocycles. The Hall–Kier alpha value is -2.86. The number of anilines is 1. The number of benzene rings is 1. The molecule has 0 unspecified atom stereocenters. The molecule has 0 aliphatic carbocycles. The van der Waals surface area contributed by atoms with Crippen molar-refractivity contribution in [2.75, 3.05) is 31.8 Å². The molecule has 198 valence electrons. The van der Waals surface area contributed by atoms with Crippen molar-refractivity contribution >= 4 is 19.7 Å². The van der Waals surface area contributed by atoms with E-state index in [2.05, 4.69) is 24.7 Å². The van der Waals surface area contributed by atoms with Crippen molar-refractivity contribution in [3.63, 3.8) is 0 Å². The van der Waals surface area contributed by atoms with E-state index in [1.165, 1.54) is 18.1 Å². The number of halogens is 3. The Balaban J connectivity index is 1.78. The second-order valence-electron chi connectivity index (χ2n) is 9.88. The van der Waals surface area contributed by atoms with Crippen molar-refractivity contribution in [1.82, 2.24) is 9.78 Å². The minimum atomic E-state index is -4.86. The van der Waals surface area contributed by atoms with Crippen molar-refractivity contribution in [2.45, 2.75) is 57.5 Å². The van der Waals surface area contributed by atoms with E-state index in [0.717, 1.165) is 16.9 Å². The minimum absolute atomic E-state index is 0.0742. The highest BCUT2D eigenvalue weighted by Gasteiger charge is 2.41. The third-order valence-corrected chi connectivity index (χ3v) is 7.61. The Morgan fingerprint density at radius 3 is 2.67 bits per heavy atom. The Bertz CT molecular complexity index is 1120. The van der Waals surface area contributed by atoms with E-state index < -0.39 is 37.4 Å². The summed E-state index contributed by atoms with van der Waals surface area (Å²) in [5.74, 6) is -0.126. The second-order valence-corrected chi connectivity index (χ2v) is 15.5. The molecule has 2 aromatic rings. The maximum atomic E-state index is 14.0. The van der Waals surface area contributed by atoms with Crippen LogP contribution in [0.25, 0.3) is 0 Å². The van der Waals surface area contributed by atoms with Gasteiger partial charge in [-0.2, -0.15) is 18.3 Å². The summed E-state index contributed by atoms with van der Waals surface area (Å²) in [6, 6.07) is 6.79. The first-order valence-corrected chi connectivity index (χ1v) is 15.4. The summed E-state index contributed by atoms with van der Waals surface area (Å²) in [5.41, 5.74) is -2.45. The van der Waals surface area contributed by atoms with E-state index >= 15 is 0 Å². The van der Waals surface area contributed by atoms with Gasteiger partial charge in [0.25, 0.3) is 5.56 Å². The predicted octanol–water partition coefficient (Wildman–Crippen LogP) is 4.41. The standard InChI is InChI=1S/C24H32F3N3O5Si/c1-33-23(32)17-7-5-9-19(13-17)35-15-18-8-6-10-29(18)20-14-28-30(16-34-11-12-36(2,3)4)22(31)21(20)24(25,26)27/h5,7,9,13-14,18H,6,8,10-12,15-16H2,1-4H3/t18-/m1/s1. The molecule has 0 N–H and O–H groups in total. The first-order chi connectivity index (χ1) is 16.9. The topological polar surface area (TPSA) is 82.9 Å². The molecule has 0 saturated carbocycles. The minimum Gasteiger partial charge on any atom is -0.491 e. The molecule has 36 heavy (non-hydrogen) atoms. The van der Waals surface area contributed by atoms with Gasteiger partial charge in [0.05, 0.1) is 30.6 Å². The quantitative estimate of drug-likeness (QED) is 0.257. The molecule has 2 heterocycles. The number of rotatable bonds is 10. The van der Waals surface area contributed by atoms with E-state index in [9.17, 15) is 22.8 Å².